The van der Waals surface area contributed by atoms with Gasteiger partial charge in [-0.25, -0.2) is 0 Å². The van der Waals surface area contributed by atoms with E-state index < -0.39 is 0 Å². The minimum atomic E-state index is -0.295. The summed E-state index contributed by atoms with van der Waals surface area (Å²) in [7, 11) is 1.50. The Kier molecular flexibility index (Phi) is 10.6. The molecule has 0 aliphatic carbocycles. The molecule has 0 aromatic heterocycles. The van der Waals surface area contributed by atoms with E-state index in [1.807, 2.05) is 12.1 Å². The van der Waals surface area contributed by atoms with E-state index in [1.165, 1.54) is 5.57 Å². The second-order valence-electron chi connectivity index (χ2n) is 10.7. The summed E-state index contributed by atoms with van der Waals surface area (Å²) in [5.41, 5.74) is 9.21. The van der Waals surface area contributed by atoms with E-state index in [1.54, 1.807) is 7.11 Å². The fourth-order valence-corrected chi connectivity index (χ4v) is 3.62. The molecule has 0 heterocycles. The highest BCUT2D eigenvalue weighted by Gasteiger charge is 2.40. The van der Waals surface area contributed by atoms with Crippen molar-refractivity contribution in [3.8, 4) is 0 Å². The molecule has 0 saturated heterocycles. The number of nitrogens with two attached hydrogens (primary N) is 1. The number of nitrogen functional groups attached to an aromatic ring is 1. The molecule has 2 unspecified atom stereocenters. The van der Waals surface area contributed by atoms with Gasteiger partial charge in [0.15, 0.2) is 0 Å². The van der Waals surface area contributed by atoms with E-state index in [4.69, 9.17) is 15.0 Å². The van der Waals surface area contributed by atoms with Gasteiger partial charge in [-0.2, -0.15) is 0 Å². The first-order chi connectivity index (χ1) is 14.3. The minimum absolute atomic E-state index is 0.0177. The summed E-state index contributed by atoms with van der Waals surface area (Å²) < 4.78 is 12.4. The molecule has 0 amide bonds. The average molecular weight is 430 g/mol. The highest BCUT2D eigenvalue weighted by molar-refractivity contribution is 6.47. The monoisotopic (exact) mass is 430 g/mol. The van der Waals surface area contributed by atoms with Crippen molar-refractivity contribution in [2.24, 2.45) is 11.3 Å². The average Bonchev–Trinajstić information content (AvgIpc) is 2.67. The maximum Gasteiger partial charge on any atom is 0.464 e. The lowest BCUT2D eigenvalue weighted by molar-refractivity contribution is -0.0214. The molecule has 0 bridgehead atoms. The molecule has 176 valence electrons. The first-order valence-electron chi connectivity index (χ1n) is 11.8. The van der Waals surface area contributed by atoms with Crippen LogP contribution >= 0.6 is 0 Å². The maximum absolute atomic E-state index is 6.54. The Labute approximate surface area is 192 Å². The summed E-state index contributed by atoms with van der Waals surface area (Å²) >= 11 is 0. The maximum atomic E-state index is 6.54. The Balaban J connectivity index is 2.87. The van der Waals surface area contributed by atoms with E-state index in [0.717, 1.165) is 37.3 Å². The molecule has 0 spiro atoms. The quantitative estimate of drug-likeness (QED) is 0.224. The Morgan fingerprint density at radius 3 is 2.23 bits per heavy atom. The number of rotatable bonds is 12. The van der Waals surface area contributed by atoms with Crippen LogP contribution in [0.2, 0.25) is 5.82 Å². The molecular weight excluding hydrogens is 383 g/mol. The number of benzene rings is 1. The molecule has 0 aliphatic heterocycles. The number of hydrogen-bond donors (Lipinski definition) is 1. The van der Waals surface area contributed by atoms with Gasteiger partial charge in [0.2, 0.25) is 0 Å². The van der Waals surface area contributed by atoms with Gasteiger partial charge in [-0.05, 0) is 70.9 Å². The molecule has 0 fully saturated rings. The molecule has 5 heteroatoms. The van der Waals surface area contributed by atoms with Crippen molar-refractivity contribution < 1.29 is 9.31 Å². The molecule has 2 N–H and O–H groups in total. The number of nitrogens with zero attached hydrogens (tertiary/aromatic N) is 1. The molecule has 31 heavy (non-hydrogen) atoms. The van der Waals surface area contributed by atoms with Gasteiger partial charge in [-0.15, -0.1) is 0 Å². The van der Waals surface area contributed by atoms with E-state index in [0.29, 0.717) is 5.92 Å². The van der Waals surface area contributed by atoms with Crippen molar-refractivity contribution in [3.05, 3.63) is 35.9 Å². The highest BCUT2D eigenvalue weighted by atomic mass is 16.6. The van der Waals surface area contributed by atoms with Crippen LogP contribution in [0.4, 0.5) is 11.4 Å². The minimum Gasteiger partial charge on any atom is -0.414 e. The summed E-state index contributed by atoms with van der Waals surface area (Å²) in [4.78, 5) is 2.38. The molecule has 2 atom stereocenters. The number of hydrogen-bond acceptors (Lipinski definition) is 4. The first kappa shape index (κ1) is 27.6. The van der Waals surface area contributed by atoms with E-state index in [2.05, 4.69) is 85.4 Å². The molecule has 1 aromatic carbocycles. The summed E-state index contributed by atoms with van der Waals surface area (Å²) in [5, 5.41) is 0. The van der Waals surface area contributed by atoms with Crippen LogP contribution in [-0.4, -0.2) is 32.9 Å². The van der Waals surface area contributed by atoms with Gasteiger partial charge in [0.05, 0.1) is 17.0 Å². The summed E-state index contributed by atoms with van der Waals surface area (Å²) in [6, 6.07) is 8.14. The first-order valence-corrected chi connectivity index (χ1v) is 11.8. The largest absolute Gasteiger partial charge is 0.464 e. The van der Waals surface area contributed by atoms with Crippen LogP contribution in [-0.2, 0) is 9.31 Å². The molecular formula is C26H47BN2O2. The van der Waals surface area contributed by atoms with E-state index in [-0.39, 0.29) is 24.0 Å². The summed E-state index contributed by atoms with van der Waals surface area (Å²) in [6.45, 7) is 21.7. The third-order valence-electron chi connectivity index (χ3n) is 6.53. The van der Waals surface area contributed by atoms with Crippen LogP contribution in [0.1, 0.15) is 75.2 Å². The number of allylic oxidation sites excluding steroid dienone is 2. The van der Waals surface area contributed by atoms with Crippen LogP contribution in [0.3, 0.4) is 0 Å². The zero-order valence-corrected chi connectivity index (χ0v) is 21.8. The second-order valence-corrected chi connectivity index (χ2v) is 10.7. The zero-order chi connectivity index (χ0) is 23.8. The second kappa shape index (κ2) is 12.0. The Hall–Kier alpha value is -1.46. The van der Waals surface area contributed by atoms with Gasteiger partial charge in [0, 0.05) is 26.0 Å². The topological polar surface area (TPSA) is 47.7 Å². The van der Waals surface area contributed by atoms with Crippen molar-refractivity contribution in [2.75, 3.05) is 30.8 Å². The molecule has 1 aromatic rings. The van der Waals surface area contributed by atoms with Crippen molar-refractivity contribution in [1.82, 2.24) is 0 Å². The zero-order valence-electron chi connectivity index (χ0n) is 21.8. The predicted octanol–water partition coefficient (Wildman–Crippen LogP) is 6.82. The van der Waals surface area contributed by atoms with Gasteiger partial charge in [0.25, 0.3) is 0 Å². The summed E-state index contributed by atoms with van der Waals surface area (Å²) in [5.74, 6) is 0.747. The Bertz CT molecular complexity index is 693. The highest BCUT2D eigenvalue weighted by Crippen LogP contribution is 2.37. The molecule has 4 nitrogen and oxygen atoms in total. The van der Waals surface area contributed by atoms with Gasteiger partial charge in [-0.3, -0.25) is 0 Å². The van der Waals surface area contributed by atoms with E-state index >= 15 is 0 Å². The van der Waals surface area contributed by atoms with Crippen molar-refractivity contribution in [3.63, 3.8) is 0 Å². The van der Waals surface area contributed by atoms with Gasteiger partial charge in [0.1, 0.15) is 0 Å². The predicted molar refractivity (Wildman–Crippen MR) is 138 cm³/mol. The molecule has 0 radical (unpaired) electrons. The van der Waals surface area contributed by atoms with Crippen LogP contribution in [0.25, 0.3) is 0 Å². The fourth-order valence-electron chi connectivity index (χ4n) is 3.62. The lowest BCUT2D eigenvalue weighted by Crippen LogP contribution is -2.46. The van der Waals surface area contributed by atoms with Gasteiger partial charge < -0.3 is 19.9 Å². The normalized spacial score (nSPS) is 14.1. The fraction of sp³-hybridized carbons (Fsp3) is 0.692. The third kappa shape index (κ3) is 8.54. The lowest BCUT2D eigenvalue weighted by atomic mass is 9.66. The smallest absolute Gasteiger partial charge is 0.414 e. The van der Waals surface area contributed by atoms with Gasteiger partial charge >= 0.3 is 7.12 Å². The Morgan fingerprint density at radius 1 is 1.13 bits per heavy atom. The van der Waals surface area contributed by atoms with E-state index in [9.17, 15) is 0 Å². The lowest BCUT2D eigenvalue weighted by Gasteiger charge is -2.41. The summed E-state index contributed by atoms with van der Waals surface area (Å²) in [6.07, 6.45) is 4.43. The van der Waals surface area contributed by atoms with Crippen LogP contribution in [0.5, 0.6) is 0 Å². The third-order valence-corrected chi connectivity index (χ3v) is 6.53. The SMILES string of the molecule is CCN(CC(C)CCC(C=C(C)C)B(OC)OC(C)(C)C(C)(C)C)c1ccccc1N. The van der Waals surface area contributed by atoms with Crippen LogP contribution < -0.4 is 10.6 Å². The van der Waals surface area contributed by atoms with Crippen molar-refractivity contribution in [2.45, 2.75) is 86.6 Å². The van der Waals surface area contributed by atoms with Gasteiger partial charge in [-0.1, -0.05) is 51.5 Å². The number of anilines is 2. The standard InChI is InChI=1S/C26H47BN2O2/c1-11-29(24-15-13-12-14-23(24)28)19-21(4)16-17-22(18-20(2)3)27(30-10)31-26(8,9)25(5,6)7/h12-15,18,21-22H,11,16-17,19,28H2,1-10H3. The van der Waals surface area contributed by atoms with Crippen molar-refractivity contribution >= 4 is 18.5 Å². The Morgan fingerprint density at radius 2 is 1.74 bits per heavy atom. The van der Waals surface area contributed by atoms with Crippen molar-refractivity contribution in [1.29, 1.82) is 0 Å². The number of para-hydroxylation sites is 2. The molecule has 0 aliphatic rings. The molecule has 1 rings (SSSR count). The van der Waals surface area contributed by atoms with Crippen LogP contribution in [0, 0.1) is 11.3 Å². The van der Waals surface area contributed by atoms with Crippen LogP contribution in [0.15, 0.2) is 35.9 Å². The molecule has 0 saturated carbocycles.